The number of rotatable bonds is 21. The lowest BCUT2D eigenvalue weighted by Crippen LogP contribution is -2.53. The first-order valence-corrected chi connectivity index (χ1v) is 31.1. The first-order chi connectivity index (χ1) is 43.7. The number of benzene rings is 6. The van der Waals surface area contributed by atoms with Crippen molar-refractivity contribution in [3.63, 3.8) is 0 Å². The van der Waals surface area contributed by atoms with Crippen molar-refractivity contribution in [3.05, 3.63) is 167 Å². The number of hydrogen-bond donors (Lipinski definition) is 3. The quantitative estimate of drug-likeness (QED) is 0.0577. The van der Waals surface area contributed by atoms with E-state index in [1.165, 1.54) is 5.69 Å². The lowest BCUT2D eigenvalue weighted by atomic mass is 9.89. The number of alkyl carbamates (subject to hydrolysis) is 1. The Morgan fingerprint density at radius 2 is 1.23 bits per heavy atom. The lowest BCUT2D eigenvalue weighted by Gasteiger charge is -2.34. The molecule has 0 spiro atoms. The number of hydrogen-bond acceptors (Lipinski definition) is 14. The van der Waals surface area contributed by atoms with Crippen LogP contribution in [-0.4, -0.2) is 137 Å². The van der Waals surface area contributed by atoms with Gasteiger partial charge < -0.3 is 54.3 Å². The Bertz CT molecular complexity index is 3800. The summed E-state index contributed by atoms with van der Waals surface area (Å²) in [7, 11) is 5.28. The second kappa shape index (κ2) is 26.7. The summed E-state index contributed by atoms with van der Waals surface area (Å²) in [6.45, 7) is 10.2. The van der Waals surface area contributed by atoms with E-state index in [2.05, 4.69) is 69.2 Å². The second-order valence-corrected chi connectivity index (χ2v) is 24.3. The van der Waals surface area contributed by atoms with Crippen LogP contribution < -0.4 is 39.8 Å². The van der Waals surface area contributed by atoms with Gasteiger partial charge in [-0.1, -0.05) is 92.7 Å². The van der Waals surface area contributed by atoms with Crippen LogP contribution in [0.25, 0.3) is 22.3 Å². The Hall–Kier alpha value is -9.55. The van der Waals surface area contributed by atoms with E-state index in [4.69, 9.17) is 33.7 Å². The highest BCUT2D eigenvalue weighted by Crippen LogP contribution is 2.47. The number of allylic oxidation sites excluding steroid dienone is 2. The molecule has 1 saturated heterocycles. The predicted molar refractivity (Wildman–Crippen MR) is 349 cm³/mol. The van der Waals surface area contributed by atoms with Gasteiger partial charge in [-0.05, 0) is 126 Å². The average Bonchev–Trinajstić information content (AvgIpc) is 1.65. The van der Waals surface area contributed by atoms with Gasteiger partial charge in [0, 0.05) is 98.1 Å². The molecule has 0 radical (unpaired) electrons. The number of likely N-dealkylation sites (N-methyl/N-ethyl adjacent to an activating group) is 1. The van der Waals surface area contributed by atoms with Crippen LogP contribution in [0.15, 0.2) is 144 Å². The van der Waals surface area contributed by atoms with E-state index in [0.717, 1.165) is 90.0 Å². The first kappa shape index (κ1) is 60.7. The van der Waals surface area contributed by atoms with Crippen LogP contribution in [0.2, 0.25) is 0 Å². The van der Waals surface area contributed by atoms with Crippen LogP contribution in [0.4, 0.5) is 27.5 Å². The molecule has 6 aromatic rings. The second-order valence-electron chi connectivity index (χ2n) is 24.3. The molecule has 18 heteroatoms. The monoisotopic (exact) mass is 1210 g/mol. The molecule has 4 amide bonds. The molecule has 3 N–H and O–H groups in total. The summed E-state index contributed by atoms with van der Waals surface area (Å²) in [5.41, 5.74) is 12.2. The van der Waals surface area contributed by atoms with E-state index in [0.29, 0.717) is 77.2 Å². The van der Waals surface area contributed by atoms with E-state index in [-0.39, 0.29) is 42.1 Å². The number of nitrogens with zero attached hydrogens (tertiary/aromatic N) is 5. The average molecular weight is 1210 g/mol. The summed E-state index contributed by atoms with van der Waals surface area (Å²) in [4.78, 5) is 84.5. The highest BCUT2D eigenvalue weighted by molar-refractivity contribution is 6.09. The number of anilines is 2. The Balaban J connectivity index is 0.588. The summed E-state index contributed by atoms with van der Waals surface area (Å²) in [5, 5.41) is 8.36. The smallest absolute Gasteiger partial charge is 0.407 e. The molecular weight excluding hydrogens is 1140 g/mol. The van der Waals surface area contributed by atoms with Crippen LogP contribution >= 0.6 is 0 Å². The third kappa shape index (κ3) is 12.8. The van der Waals surface area contributed by atoms with E-state index >= 15 is 0 Å². The molecule has 90 heavy (non-hydrogen) atoms. The molecule has 1 fully saturated rings. The summed E-state index contributed by atoms with van der Waals surface area (Å²) in [6, 6.07) is 37.1. The SMILES string of the molecule is COc1cc2c(cc1OCCCCCOc1cc3c(cc1OC)C(=O)N1C=C(c4ccc(N5CCN(C)CC5)cc4)C[C@H]1C=N3)N=C[C@@H]1CC(c3ccc(NC(=O)[C@H](C)NC(=O)[C@@H](NC(=O)OCC4c5ccccc5-c5ccccc54)C(C)C)cc3)=CC1C2=O. The van der Waals surface area contributed by atoms with Crippen molar-refractivity contribution >= 4 is 75.9 Å². The molecule has 12 rings (SSSR count). The maximum atomic E-state index is 14.3. The van der Waals surface area contributed by atoms with Gasteiger partial charge in [-0.25, -0.2) is 4.79 Å². The molecule has 4 heterocycles. The lowest BCUT2D eigenvalue weighted by molar-refractivity contribution is -0.128. The van der Waals surface area contributed by atoms with E-state index in [1.807, 2.05) is 87.1 Å². The van der Waals surface area contributed by atoms with Crippen molar-refractivity contribution in [1.29, 1.82) is 0 Å². The van der Waals surface area contributed by atoms with Gasteiger partial charge in [-0.3, -0.25) is 29.2 Å². The number of ether oxygens (including phenoxy) is 5. The number of piperazine rings is 1. The Morgan fingerprint density at radius 3 is 1.88 bits per heavy atom. The van der Waals surface area contributed by atoms with Crippen LogP contribution in [-0.2, 0) is 14.3 Å². The molecule has 5 atom stereocenters. The van der Waals surface area contributed by atoms with Gasteiger partial charge in [0.25, 0.3) is 5.91 Å². The zero-order valence-electron chi connectivity index (χ0n) is 51.7. The number of Topliss-reactive ketones (excluding diaryl/α,β-unsaturated/α-hetero) is 1. The third-order valence-corrected chi connectivity index (χ3v) is 18.0. The van der Waals surface area contributed by atoms with Crippen LogP contribution in [0.1, 0.15) is 102 Å². The van der Waals surface area contributed by atoms with Crippen LogP contribution in [0.3, 0.4) is 0 Å². The Morgan fingerprint density at radius 1 is 0.633 bits per heavy atom. The number of amides is 4. The van der Waals surface area contributed by atoms with Crippen molar-refractivity contribution in [3.8, 4) is 34.1 Å². The molecule has 2 aliphatic carbocycles. The molecule has 6 aliphatic rings. The summed E-state index contributed by atoms with van der Waals surface area (Å²) in [6.07, 6.45) is 10.5. The van der Waals surface area contributed by atoms with Gasteiger partial charge in [-0.2, -0.15) is 0 Å². The minimum absolute atomic E-state index is 0.0601. The fraction of sp³-hybridized carbons (Fsp3) is 0.347. The summed E-state index contributed by atoms with van der Waals surface area (Å²) >= 11 is 0. The fourth-order valence-corrected chi connectivity index (χ4v) is 12.9. The summed E-state index contributed by atoms with van der Waals surface area (Å²) < 4.78 is 29.7. The van der Waals surface area contributed by atoms with Gasteiger partial charge in [0.05, 0.1) is 50.4 Å². The Kier molecular flexibility index (Phi) is 18.0. The van der Waals surface area contributed by atoms with Crippen molar-refractivity contribution in [2.75, 3.05) is 77.5 Å². The number of aliphatic imine (C=N–C) groups is 2. The number of unbranched alkanes of at least 4 members (excludes halogenated alkanes) is 2. The number of methoxy groups -OCH3 is 2. The molecule has 464 valence electrons. The largest absolute Gasteiger partial charge is 0.493 e. The van der Waals surface area contributed by atoms with Gasteiger partial charge in [0.2, 0.25) is 11.8 Å². The number of fused-ring (bicyclic) bond motifs is 7. The van der Waals surface area contributed by atoms with E-state index < -0.39 is 35.9 Å². The van der Waals surface area contributed by atoms with Gasteiger partial charge in [0.15, 0.2) is 28.8 Å². The highest BCUT2D eigenvalue weighted by Gasteiger charge is 2.38. The normalized spacial score (nSPS) is 18.8. The first-order valence-electron chi connectivity index (χ1n) is 31.1. The fourth-order valence-electron chi connectivity index (χ4n) is 12.9. The molecule has 4 aliphatic heterocycles. The highest BCUT2D eigenvalue weighted by atomic mass is 16.5. The molecular formula is C72H76N8O10. The van der Waals surface area contributed by atoms with Crippen molar-refractivity contribution in [1.82, 2.24) is 20.4 Å². The number of carbonyl (C=O) groups excluding carboxylic acids is 5. The number of carbonyl (C=O) groups is 5. The number of nitrogens with one attached hydrogen (secondary N) is 3. The zero-order chi connectivity index (χ0) is 62.6. The van der Waals surface area contributed by atoms with Gasteiger partial charge in [0.1, 0.15) is 18.7 Å². The molecule has 0 saturated carbocycles. The molecule has 6 aromatic carbocycles. The number of ketones is 1. The van der Waals surface area contributed by atoms with E-state index in [1.54, 1.807) is 62.4 Å². The van der Waals surface area contributed by atoms with Crippen molar-refractivity contribution in [2.45, 2.75) is 76.9 Å². The minimum atomic E-state index is -0.949. The molecule has 0 aromatic heterocycles. The third-order valence-electron chi connectivity index (χ3n) is 18.0. The van der Waals surface area contributed by atoms with E-state index in [9.17, 15) is 24.0 Å². The molecule has 0 bridgehead atoms. The van der Waals surface area contributed by atoms with Gasteiger partial charge >= 0.3 is 6.09 Å². The standard InChI is InChI=1S/C72H76N8O10/c1-43(2)67(77-72(85)90-42-60-55-16-10-8-14-53(55)54-15-9-11-17-56(54)60)70(83)75-44(3)69(82)76-50-22-18-45(19-23-50)47-32-48-39-73-61-37-65(63(86-5)35-58(61)68(81)57(48)34-47)88-30-12-7-13-31-89-66-38-62-59(36-64(66)87-6)71(84)80-41-49(33-52(80)40-74-62)46-20-24-51(25-21-46)79-28-26-78(4)27-29-79/h8-11,14-25,34-41,43-44,48,52,57,60,67H,7,12-13,26-33,42H2,1-6H3,(H,75,83)(H,76,82)(H,77,85)/t44-,48-,52-,57?,67-/m0/s1. The van der Waals surface area contributed by atoms with Crippen LogP contribution in [0, 0.1) is 17.8 Å². The minimum Gasteiger partial charge on any atom is -0.493 e. The molecule has 18 nitrogen and oxygen atoms in total. The van der Waals surface area contributed by atoms with Crippen LogP contribution in [0.5, 0.6) is 23.0 Å². The van der Waals surface area contributed by atoms with Crippen molar-refractivity contribution < 1.29 is 47.7 Å². The topological polar surface area (TPSA) is 202 Å². The maximum absolute atomic E-state index is 14.3. The molecule has 1 unspecified atom stereocenters. The zero-order valence-corrected chi connectivity index (χ0v) is 51.7. The summed E-state index contributed by atoms with van der Waals surface area (Å²) in [5.74, 6) is -0.239. The Labute approximate surface area is 525 Å². The maximum Gasteiger partial charge on any atom is 0.407 e. The predicted octanol–water partition coefficient (Wildman–Crippen LogP) is 11.7. The van der Waals surface area contributed by atoms with Crippen molar-refractivity contribution in [2.24, 2.45) is 27.7 Å². The van der Waals surface area contributed by atoms with Gasteiger partial charge in [-0.15, -0.1) is 0 Å².